The lowest BCUT2D eigenvalue weighted by Gasteiger charge is -2.17. The molecule has 0 aromatic rings. The van der Waals surface area contributed by atoms with Crippen molar-refractivity contribution in [1.82, 2.24) is 10.6 Å². The summed E-state index contributed by atoms with van der Waals surface area (Å²) in [6.07, 6.45) is 4.03. The van der Waals surface area contributed by atoms with E-state index in [2.05, 4.69) is 10.6 Å². The number of aliphatic carboxylic acids is 1. The zero-order valence-corrected chi connectivity index (χ0v) is 9.66. The second kappa shape index (κ2) is 6.48. The van der Waals surface area contributed by atoms with Crippen LogP contribution in [0.2, 0.25) is 0 Å². The maximum atomic E-state index is 11.7. The van der Waals surface area contributed by atoms with Crippen molar-refractivity contribution < 1.29 is 14.7 Å². The molecule has 0 bridgehead atoms. The van der Waals surface area contributed by atoms with Gasteiger partial charge in [-0.3, -0.25) is 4.79 Å². The standard InChI is InChI=1S/C11H20N2O3/c1-2-3-5-9(11(15)16)13-10(14)8-6-4-7-12-8/h8-9,12H,2-7H2,1H3,(H,13,14)(H,15,16)/t8-,9?/m0/s1. The molecule has 0 aromatic carbocycles. The Balaban J connectivity index is 2.40. The lowest BCUT2D eigenvalue weighted by Crippen LogP contribution is -2.48. The molecule has 0 saturated carbocycles. The van der Waals surface area contributed by atoms with Crippen LogP contribution in [0.25, 0.3) is 0 Å². The first-order chi connectivity index (χ1) is 7.65. The molecular weight excluding hydrogens is 208 g/mol. The first-order valence-electron chi connectivity index (χ1n) is 5.91. The van der Waals surface area contributed by atoms with Gasteiger partial charge in [-0.2, -0.15) is 0 Å². The number of rotatable bonds is 6. The van der Waals surface area contributed by atoms with Crippen molar-refractivity contribution in [3.05, 3.63) is 0 Å². The highest BCUT2D eigenvalue weighted by atomic mass is 16.4. The minimum absolute atomic E-state index is 0.180. The van der Waals surface area contributed by atoms with Gasteiger partial charge >= 0.3 is 5.97 Å². The Kier molecular flexibility index (Phi) is 5.25. The topological polar surface area (TPSA) is 78.4 Å². The summed E-state index contributed by atoms with van der Waals surface area (Å²) in [5, 5.41) is 14.6. The second-order valence-electron chi connectivity index (χ2n) is 4.19. The van der Waals surface area contributed by atoms with E-state index in [0.717, 1.165) is 32.2 Å². The van der Waals surface area contributed by atoms with E-state index in [9.17, 15) is 9.59 Å². The summed E-state index contributed by atoms with van der Waals surface area (Å²) in [7, 11) is 0. The molecule has 2 atom stereocenters. The minimum Gasteiger partial charge on any atom is -0.480 e. The Labute approximate surface area is 95.6 Å². The minimum atomic E-state index is -0.945. The summed E-state index contributed by atoms with van der Waals surface area (Å²) in [6.45, 7) is 2.84. The predicted molar refractivity (Wildman–Crippen MR) is 60.1 cm³/mol. The van der Waals surface area contributed by atoms with Gasteiger partial charge in [0, 0.05) is 0 Å². The molecule has 16 heavy (non-hydrogen) atoms. The van der Waals surface area contributed by atoms with Crippen LogP contribution in [-0.4, -0.2) is 35.6 Å². The molecule has 1 saturated heterocycles. The average Bonchev–Trinajstić information content (AvgIpc) is 2.76. The predicted octanol–water partition coefficient (Wildman–Crippen LogP) is 0.498. The summed E-state index contributed by atoms with van der Waals surface area (Å²) in [5.74, 6) is -1.12. The third-order valence-corrected chi connectivity index (χ3v) is 2.84. The van der Waals surface area contributed by atoms with Crippen LogP contribution >= 0.6 is 0 Å². The molecule has 1 aliphatic rings. The molecule has 1 amide bonds. The third-order valence-electron chi connectivity index (χ3n) is 2.84. The number of nitrogens with one attached hydrogen (secondary N) is 2. The molecule has 0 aliphatic carbocycles. The molecule has 1 heterocycles. The van der Waals surface area contributed by atoms with Gasteiger partial charge in [-0.05, 0) is 25.8 Å². The highest BCUT2D eigenvalue weighted by molar-refractivity contribution is 5.87. The zero-order chi connectivity index (χ0) is 12.0. The van der Waals surface area contributed by atoms with Crippen LogP contribution in [0, 0.1) is 0 Å². The van der Waals surface area contributed by atoms with E-state index in [1.807, 2.05) is 6.92 Å². The van der Waals surface area contributed by atoms with Gasteiger partial charge in [-0.15, -0.1) is 0 Å². The Morgan fingerprint density at radius 3 is 2.81 bits per heavy atom. The van der Waals surface area contributed by atoms with Crippen molar-refractivity contribution >= 4 is 11.9 Å². The van der Waals surface area contributed by atoms with Crippen LogP contribution in [0.5, 0.6) is 0 Å². The SMILES string of the molecule is CCCCC(NC(=O)[C@@H]1CCCN1)C(=O)O. The van der Waals surface area contributed by atoms with Gasteiger partial charge < -0.3 is 15.7 Å². The average molecular weight is 228 g/mol. The first-order valence-corrected chi connectivity index (χ1v) is 5.91. The van der Waals surface area contributed by atoms with E-state index < -0.39 is 12.0 Å². The van der Waals surface area contributed by atoms with Crippen LogP contribution < -0.4 is 10.6 Å². The fourth-order valence-electron chi connectivity index (χ4n) is 1.85. The molecule has 0 aromatic heterocycles. The smallest absolute Gasteiger partial charge is 0.326 e. The van der Waals surface area contributed by atoms with Crippen molar-refractivity contribution in [3.63, 3.8) is 0 Å². The van der Waals surface area contributed by atoms with Gasteiger partial charge in [0.25, 0.3) is 0 Å². The molecule has 0 spiro atoms. The van der Waals surface area contributed by atoms with Crippen molar-refractivity contribution in [2.45, 2.75) is 51.1 Å². The fourth-order valence-corrected chi connectivity index (χ4v) is 1.85. The van der Waals surface area contributed by atoms with E-state index in [4.69, 9.17) is 5.11 Å². The number of carbonyl (C=O) groups is 2. The summed E-state index contributed by atoms with van der Waals surface area (Å²) >= 11 is 0. The largest absolute Gasteiger partial charge is 0.480 e. The van der Waals surface area contributed by atoms with Gasteiger partial charge in [0.1, 0.15) is 6.04 Å². The fraction of sp³-hybridized carbons (Fsp3) is 0.818. The number of carbonyl (C=O) groups excluding carboxylic acids is 1. The van der Waals surface area contributed by atoms with Crippen molar-refractivity contribution in [1.29, 1.82) is 0 Å². The van der Waals surface area contributed by atoms with Crippen molar-refractivity contribution in [3.8, 4) is 0 Å². The molecule has 3 N–H and O–H groups in total. The van der Waals surface area contributed by atoms with E-state index >= 15 is 0 Å². The molecule has 5 nitrogen and oxygen atoms in total. The van der Waals surface area contributed by atoms with E-state index in [0.29, 0.717) is 6.42 Å². The van der Waals surface area contributed by atoms with Gasteiger partial charge in [0.15, 0.2) is 0 Å². The van der Waals surface area contributed by atoms with Crippen LogP contribution in [0.15, 0.2) is 0 Å². The Bertz CT molecular complexity index is 250. The molecular formula is C11H20N2O3. The normalized spacial score (nSPS) is 21.7. The molecule has 5 heteroatoms. The first kappa shape index (κ1) is 13.0. The Hall–Kier alpha value is -1.10. The number of carboxylic acids is 1. The van der Waals surface area contributed by atoms with Crippen LogP contribution in [0.4, 0.5) is 0 Å². The number of hydrogen-bond donors (Lipinski definition) is 3. The molecule has 92 valence electrons. The van der Waals surface area contributed by atoms with Crippen molar-refractivity contribution in [2.75, 3.05) is 6.54 Å². The quantitative estimate of drug-likeness (QED) is 0.618. The van der Waals surface area contributed by atoms with Crippen LogP contribution in [0.1, 0.15) is 39.0 Å². The van der Waals surface area contributed by atoms with E-state index in [1.165, 1.54) is 0 Å². The number of carboxylic acid groups (broad SMARTS) is 1. The van der Waals surface area contributed by atoms with Gasteiger partial charge in [0.05, 0.1) is 6.04 Å². The highest BCUT2D eigenvalue weighted by Crippen LogP contribution is 2.07. The Morgan fingerprint density at radius 1 is 1.56 bits per heavy atom. The van der Waals surface area contributed by atoms with Gasteiger partial charge in [-0.25, -0.2) is 4.79 Å². The number of hydrogen-bond acceptors (Lipinski definition) is 3. The van der Waals surface area contributed by atoms with Crippen molar-refractivity contribution in [2.24, 2.45) is 0 Å². The lowest BCUT2D eigenvalue weighted by molar-refractivity contribution is -0.142. The Morgan fingerprint density at radius 2 is 2.31 bits per heavy atom. The molecule has 1 unspecified atom stereocenters. The zero-order valence-electron chi connectivity index (χ0n) is 9.66. The number of unbranched alkanes of at least 4 members (excludes halogenated alkanes) is 1. The van der Waals surface area contributed by atoms with Crippen LogP contribution in [0.3, 0.4) is 0 Å². The maximum Gasteiger partial charge on any atom is 0.326 e. The van der Waals surface area contributed by atoms with Gasteiger partial charge in [0.2, 0.25) is 5.91 Å². The number of amides is 1. The lowest BCUT2D eigenvalue weighted by atomic mass is 10.1. The van der Waals surface area contributed by atoms with Crippen LogP contribution in [-0.2, 0) is 9.59 Å². The third kappa shape index (κ3) is 3.81. The summed E-state index contributed by atoms with van der Waals surface area (Å²) < 4.78 is 0. The summed E-state index contributed by atoms with van der Waals surface area (Å²) in [4.78, 5) is 22.6. The molecule has 0 radical (unpaired) electrons. The van der Waals surface area contributed by atoms with Gasteiger partial charge in [-0.1, -0.05) is 19.8 Å². The van der Waals surface area contributed by atoms with E-state index in [1.54, 1.807) is 0 Å². The second-order valence-corrected chi connectivity index (χ2v) is 4.19. The molecule has 1 fully saturated rings. The maximum absolute atomic E-state index is 11.7. The molecule has 1 aliphatic heterocycles. The summed E-state index contributed by atoms with van der Waals surface area (Å²) in [6, 6.07) is -0.946. The highest BCUT2D eigenvalue weighted by Gasteiger charge is 2.26. The summed E-state index contributed by atoms with van der Waals surface area (Å²) in [5.41, 5.74) is 0. The van der Waals surface area contributed by atoms with E-state index in [-0.39, 0.29) is 11.9 Å². The monoisotopic (exact) mass is 228 g/mol. The molecule has 1 rings (SSSR count).